The Bertz CT molecular complexity index is 1040. The van der Waals surface area contributed by atoms with Gasteiger partial charge in [-0.1, -0.05) is 12.6 Å². The van der Waals surface area contributed by atoms with Gasteiger partial charge in [0.05, 0.1) is 12.8 Å². The first-order valence-electron chi connectivity index (χ1n) is 9.39. The highest BCUT2D eigenvalue weighted by atomic mass is 19.1. The van der Waals surface area contributed by atoms with Crippen LogP contribution in [0.15, 0.2) is 67.4 Å². The zero-order valence-electron chi connectivity index (χ0n) is 16.9. The standard InChI is InChI=1S/C22H22FN5O3/c1-3-20(29)25-16-5-4-6-17(13-16)27-22-24-14-19(23)21(28-22)26-15-7-9-18(10-8-15)31-12-11-30-2/h3-10,13-14H,1,11-12H2,2H3,(H,25,29)(H2,24,26,27,28). The van der Waals surface area contributed by atoms with E-state index in [0.29, 0.717) is 36.0 Å². The van der Waals surface area contributed by atoms with Gasteiger partial charge in [-0.3, -0.25) is 4.79 Å². The number of halogens is 1. The molecule has 0 atom stereocenters. The van der Waals surface area contributed by atoms with Crippen LogP contribution in [0.2, 0.25) is 0 Å². The number of benzene rings is 2. The summed E-state index contributed by atoms with van der Waals surface area (Å²) in [6.45, 7) is 4.35. The molecule has 8 nitrogen and oxygen atoms in total. The van der Waals surface area contributed by atoms with Crippen molar-refractivity contribution in [3.05, 3.63) is 73.2 Å². The fourth-order valence-electron chi connectivity index (χ4n) is 2.53. The van der Waals surface area contributed by atoms with Crippen molar-refractivity contribution in [3.63, 3.8) is 0 Å². The summed E-state index contributed by atoms with van der Waals surface area (Å²) in [6.07, 6.45) is 2.25. The lowest BCUT2D eigenvalue weighted by Gasteiger charge is -2.11. The number of carbonyl (C=O) groups excluding carboxylic acids is 1. The highest BCUT2D eigenvalue weighted by Crippen LogP contribution is 2.23. The van der Waals surface area contributed by atoms with Gasteiger partial charge in [0.1, 0.15) is 12.4 Å². The number of nitrogens with zero attached hydrogens (tertiary/aromatic N) is 2. The minimum atomic E-state index is -0.599. The summed E-state index contributed by atoms with van der Waals surface area (Å²) < 4.78 is 24.7. The second-order valence-corrected chi connectivity index (χ2v) is 6.28. The lowest BCUT2D eigenvalue weighted by molar-refractivity contribution is -0.111. The van der Waals surface area contributed by atoms with Crippen LogP contribution in [0.3, 0.4) is 0 Å². The summed E-state index contributed by atoms with van der Waals surface area (Å²) in [5.74, 6) is -0.0384. The molecule has 9 heteroatoms. The number of hydrogen-bond donors (Lipinski definition) is 3. The van der Waals surface area contributed by atoms with E-state index in [2.05, 4.69) is 32.5 Å². The molecule has 0 radical (unpaired) electrons. The molecular weight excluding hydrogens is 401 g/mol. The number of nitrogens with one attached hydrogen (secondary N) is 3. The molecule has 2 aromatic carbocycles. The van der Waals surface area contributed by atoms with E-state index < -0.39 is 5.82 Å². The van der Waals surface area contributed by atoms with Gasteiger partial charge >= 0.3 is 0 Å². The Hall–Kier alpha value is -3.98. The number of rotatable bonds is 10. The van der Waals surface area contributed by atoms with Gasteiger partial charge in [-0.05, 0) is 48.5 Å². The quantitative estimate of drug-likeness (QED) is 0.331. The van der Waals surface area contributed by atoms with Crippen molar-refractivity contribution in [3.8, 4) is 5.75 Å². The zero-order chi connectivity index (χ0) is 22.1. The maximum Gasteiger partial charge on any atom is 0.247 e. The number of ether oxygens (including phenoxy) is 2. The van der Waals surface area contributed by atoms with Crippen LogP contribution in [0.5, 0.6) is 5.75 Å². The summed E-state index contributed by atoms with van der Waals surface area (Å²) in [5, 5.41) is 8.58. The molecule has 0 aliphatic rings. The summed E-state index contributed by atoms with van der Waals surface area (Å²) in [5.41, 5.74) is 1.83. The average Bonchev–Trinajstić information content (AvgIpc) is 2.77. The molecule has 0 aliphatic heterocycles. The van der Waals surface area contributed by atoms with Crippen molar-refractivity contribution in [1.82, 2.24) is 9.97 Å². The van der Waals surface area contributed by atoms with Gasteiger partial charge < -0.3 is 25.4 Å². The topological polar surface area (TPSA) is 97.4 Å². The van der Waals surface area contributed by atoms with Crippen LogP contribution in [0.4, 0.5) is 33.2 Å². The van der Waals surface area contributed by atoms with E-state index in [-0.39, 0.29) is 17.7 Å². The summed E-state index contributed by atoms with van der Waals surface area (Å²) in [4.78, 5) is 19.6. The predicted molar refractivity (Wildman–Crippen MR) is 118 cm³/mol. The molecule has 1 aromatic heterocycles. The highest BCUT2D eigenvalue weighted by molar-refractivity contribution is 5.99. The number of methoxy groups -OCH3 is 1. The zero-order valence-corrected chi connectivity index (χ0v) is 16.9. The third-order valence-electron chi connectivity index (χ3n) is 3.99. The maximum absolute atomic E-state index is 14.2. The molecule has 1 amide bonds. The molecule has 0 saturated heterocycles. The lowest BCUT2D eigenvalue weighted by atomic mass is 10.2. The van der Waals surface area contributed by atoms with Crippen LogP contribution in [-0.2, 0) is 9.53 Å². The van der Waals surface area contributed by atoms with E-state index in [4.69, 9.17) is 9.47 Å². The van der Waals surface area contributed by atoms with Crippen molar-refractivity contribution in [2.24, 2.45) is 0 Å². The van der Waals surface area contributed by atoms with E-state index in [1.54, 1.807) is 55.6 Å². The Morgan fingerprint density at radius 3 is 2.61 bits per heavy atom. The van der Waals surface area contributed by atoms with Crippen LogP contribution < -0.4 is 20.7 Å². The molecule has 0 aliphatic carbocycles. The highest BCUT2D eigenvalue weighted by Gasteiger charge is 2.09. The molecule has 3 N–H and O–H groups in total. The Balaban J connectivity index is 1.68. The first-order chi connectivity index (χ1) is 15.1. The minimum Gasteiger partial charge on any atom is -0.491 e. The van der Waals surface area contributed by atoms with E-state index in [1.807, 2.05) is 0 Å². The van der Waals surface area contributed by atoms with E-state index in [1.165, 1.54) is 6.08 Å². The first kappa shape index (κ1) is 21.7. The van der Waals surface area contributed by atoms with Gasteiger partial charge in [-0.2, -0.15) is 4.98 Å². The van der Waals surface area contributed by atoms with E-state index in [0.717, 1.165) is 6.20 Å². The molecule has 31 heavy (non-hydrogen) atoms. The largest absolute Gasteiger partial charge is 0.491 e. The van der Waals surface area contributed by atoms with Crippen LogP contribution >= 0.6 is 0 Å². The number of aromatic nitrogens is 2. The Morgan fingerprint density at radius 2 is 1.87 bits per heavy atom. The van der Waals surface area contributed by atoms with Gasteiger partial charge in [0.25, 0.3) is 0 Å². The Morgan fingerprint density at radius 1 is 1.10 bits per heavy atom. The van der Waals surface area contributed by atoms with Crippen LogP contribution in [0.1, 0.15) is 0 Å². The van der Waals surface area contributed by atoms with Crippen LogP contribution in [-0.4, -0.2) is 36.2 Å². The Kier molecular flexibility index (Phi) is 7.50. The number of anilines is 5. The molecule has 0 fully saturated rings. The predicted octanol–water partition coefficient (Wildman–Crippen LogP) is 4.25. The maximum atomic E-state index is 14.2. The van der Waals surface area contributed by atoms with Gasteiger partial charge in [-0.15, -0.1) is 0 Å². The average molecular weight is 423 g/mol. The number of hydrogen-bond acceptors (Lipinski definition) is 7. The Labute approximate surface area is 179 Å². The van der Waals surface area contributed by atoms with Crippen LogP contribution in [0, 0.1) is 5.82 Å². The molecular formula is C22H22FN5O3. The van der Waals surface area contributed by atoms with Crippen molar-refractivity contribution >= 4 is 34.7 Å². The van der Waals surface area contributed by atoms with E-state index >= 15 is 0 Å². The van der Waals surface area contributed by atoms with Gasteiger partial charge in [0, 0.05) is 24.2 Å². The third-order valence-corrected chi connectivity index (χ3v) is 3.99. The van der Waals surface area contributed by atoms with E-state index in [9.17, 15) is 9.18 Å². The molecule has 0 unspecified atom stereocenters. The number of carbonyl (C=O) groups is 1. The number of amides is 1. The normalized spacial score (nSPS) is 10.3. The molecule has 3 rings (SSSR count). The SMILES string of the molecule is C=CC(=O)Nc1cccc(Nc2ncc(F)c(Nc3ccc(OCCOC)cc3)n2)c1. The summed E-state index contributed by atoms with van der Waals surface area (Å²) >= 11 is 0. The molecule has 160 valence electrons. The molecule has 0 saturated carbocycles. The smallest absolute Gasteiger partial charge is 0.247 e. The lowest BCUT2D eigenvalue weighted by Crippen LogP contribution is -2.07. The second kappa shape index (κ2) is 10.7. The summed E-state index contributed by atoms with van der Waals surface area (Å²) in [7, 11) is 1.60. The third kappa shape index (κ3) is 6.51. The van der Waals surface area contributed by atoms with Gasteiger partial charge in [0.2, 0.25) is 11.9 Å². The van der Waals surface area contributed by atoms with Gasteiger partial charge in [0.15, 0.2) is 11.6 Å². The van der Waals surface area contributed by atoms with Crippen molar-refractivity contribution in [2.45, 2.75) is 0 Å². The van der Waals surface area contributed by atoms with Crippen LogP contribution in [0.25, 0.3) is 0 Å². The van der Waals surface area contributed by atoms with Crippen molar-refractivity contribution < 1.29 is 18.7 Å². The second-order valence-electron chi connectivity index (χ2n) is 6.28. The minimum absolute atomic E-state index is 0.0154. The molecule has 0 bridgehead atoms. The molecule has 3 aromatic rings. The van der Waals surface area contributed by atoms with Crippen molar-refractivity contribution in [2.75, 3.05) is 36.3 Å². The fourth-order valence-corrected chi connectivity index (χ4v) is 2.53. The molecule has 0 spiro atoms. The van der Waals surface area contributed by atoms with Crippen molar-refractivity contribution in [1.29, 1.82) is 0 Å². The summed E-state index contributed by atoms with van der Waals surface area (Å²) in [6, 6.07) is 14.0. The first-order valence-corrected chi connectivity index (χ1v) is 9.39. The van der Waals surface area contributed by atoms with Gasteiger partial charge in [-0.25, -0.2) is 9.37 Å². The molecule has 1 heterocycles. The fraction of sp³-hybridized carbons (Fsp3) is 0.136. The monoisotopic (exact) mass is 423 g/mol.